The quantitative estimate of drug-likeness (QED) is 0.415. The van der Waals surface area contributed by atoms with Crippen LogP contribution in [0.4, 0.5) is 0 Å². The molecule has 2 aromatic carbocycles. The highest BCUT2D eigenvalue weighted by atomic mass is 16.4. The van der Waals surface area contributed by atoms with Crippen molar-refractivity contribution in [2.24, 2.45) is 5.92 Å². The minimum atomic E-state index is -0.904. The number of aryl methyl sites for hydroxylation is 2. The highest BCUT2D eigenvalue weighted by molar-refractivity contribution is 5.95. The topological polar surface area (TPSA) is 136 Å². The molecule has 1 saturated heterocycles. The number of aromatic nitrogens is 2. The van der Waals surface area contributed by atoms with E-state index in [9.17, 15) is 19.6 Å². The molecule has 3 aliphatic heterocycles. The molecule has 1 N–H and O–H groups in total. The first kappa shape index (κ1) is 30.1. The highest BCUT2D eigenvalue weighted by Gasteiger charge is 2.54. The lowest BCUT2D eigenvalue weighted by Crippen LogP contribution is -2.44. The van der Waals surface area contributed by atoms with E-state index >= 15 is 0 Å². The van der Waals surface area contributed by atoms with Crippen molar-refractivity contribution in [3.05, 3.63) is 81.6 Å². The molecule has 11 nitrogen and oxygen atoms in total. The molecule has 0 spiro atoms. The zero-order valence-corrected chi connectivity index (χ0v) is 26.7. The van der Waals surface area contributed by atoms with Crippen LogP contribution in [0, 0.1) is 17.2 Å². The van der Waals surface area contributed by atoms with Gasteiger partial charge in [0.1, 0.15) is 11.5 Å². The van der Waals surface area contributed by atoms with Crippen molar-refractivity contribution in [2.75, 3.05) is 40.8 Å². The zero-order valence-electron chi connectivity index (χ0n) is 26.7. The van der Waals surface area contributed by atoms with E-state index in [1.165, 1.54) is 0 Å². The number of rotatable bonds is 6. The molecule has 1 saturated carbocycles. The van der Waals surface area contributed by atoms with Crippen LogP contribution in [-0.2, 0) is 23.1 Å². The van der Waals surface area contributed by atoms with Gasteiger partial charge in [-0.2, -0.15) is 5.26 Å². The molecule has 3 unspecified atom stereocenters. The van der Waals surface area contributed by atoms with E-state index in [1.54, 1.807) is 35.8 Å². The van der Waals surface area contributed by atoms with Gasteiger partial charge in [0, 0.05) is 44.9 Å². The Kier molecular flexibility index (Phi) is 7.43. The van der Waals surface area contributed by atoms with E-state index in [4.69, 9.17) is 4.42 Å². The molecule has 3 amide bonds. The summed E-state index contributed by atoms with van der Waals surface area (Å²) in [4.78, 5) is 44.9. The Balaban J connectivity index is 1.32. The minimum absolute atomic E-state index is 0.0533. The van der Waals surface area contributed by atoms with Crippen molar-refractivity contribution in [1.29, 1.82) is 5.26 Å². The summed E-state index contributed by atoms with van der Waals surface area (Å²) in [6.45, 7) is 2.96. The fraction of sp³-hybridized carbons (Fsp3) is 0.486. The lowest BCUT2D eigenvalue weighted by Gasteiger charge is -2.34. The smallest absolute Gasteiger partial charge is 0.253 e. The maximum atomic E-state index is 13.5. The van der Waals surface area contributed by atoms with Crippen molar-refractivity contribution in [3.8, 4) is 6.07 Å². The minimum Gasteiger partial charge on any atom is -0.424 e. The van der Waals surface area contributed by atoms with E-state index in [-0.39, 0.29) is 42.3 Å². The number of nitrogens with one attached hydrogen (secondary N) is 1. The molecule has 11 heteroatoms. The number of benzene rings is 2. The Labute approximate surface area is 268 Å². The molecule has 0 radical (unpaired) electrons. The van der Waals surface area contributed by atoms with E-state index in [0.717, 1.165) is 35.1 Å². The summed E-state index contributed by atoms with van der Waals surface area (Å²) in [6, 6.07) is 13.9. The number of likely N-dealkylation sites (N-methyl/N-ethyl adjacent to an activating group) is 1. The van der Waals surface area contributed by atoms with Crippen molar-refractivity contribution in [3.63, 3.8) is 0 Å². The molecule has 2 aliphatic carbocycles. The number of amides is 3. The summed E-state index contributed by atoms with van der Waals surface area (Å²) in [5.41, 5.74) is 4.26. The van der Waals surface area contributed by atoms with E-state index in [0.29, 0.717) is 61.2 Å². The summed E-state index contributed by atoms with van der Waals surface area (Å²) >= 11 is 0. The molecule has 4 heterocycles. The molecule has 5 aliphatic rings. The number of hydrogen-bond acceptors (Lipinski definition) is 8. The summed E-state index contributed by atoms with van der Waals surface area (Å²) in [5, 5.41) is 22.2. The predicted molar refractivity (Wildman–Crippen MR) is 168 cm³/mol. The fourth-order valence-electron chi connectivity index (χ4n) is 7.87. The first-order chi connectivity index (χ1) is 22.1. The van der Waals surface area contributed by atoms with Crippen molar-refractivity contribution >= 4 is 17.7 Å². The summed E-state index contributed by atoms with van der Waals surface area (Å²) < 4.78 is 6.56. The monoisotopic (exact) mass is 621 g/mol. The molecular weight excluding hydrogens is 582 g/mol. The number of carbonyl (C=O) groups is 3. The number of carbonyl (C=O) groups excluding carboxylic acids is 3. The average Bonchev–Trinajstić information content (AvgIpc) is 3.47. The normalized spacial score (nSPS) is 25.9. The lowest BCUT2D eigenvalue weighted by molar-refractivity contribution is -0.131. The number of fused-ring (bicyclic) bond motifs is 6. The van der Waals surface area contributed by atoms with Gasteiger partial charge in [-0.25, -0.2) is 0 Å². The Hall–Kier alpha value is -4.56. The summed E-state index contributed by atoms with van der Waals surface area (Å²) in [7, 11) is 5.27. The summed E-state index contributed by atoms with van der Waals surface area (Å²) in [6.07, 6.45) is 3.54. The maximum absolute atomic E-state index is 13.5. The van der Waals surface area contributed by atoms with Gasteiger partial charge in [0.05, 0.1) is 18.5 Å². The van der Waals surface area contributed by atoms with Crippen LogP contribution in [0.3, 0.4) is 0 Å². The molecule has 3 aromatic rings. The Morgan fingerprint density at radius 2 is 1.85 bits per heavy atom. The summed E-state index contributed by atoms with van der Waals surface area (Å²) in [5.74, 6) is 0.961. The standard InChI is InChI=1S/C35H39N7O4/c1-20-19-41(4)33(45)24-8-10-28-22(14-24)6-5-21-13-23(32(44)40(2)3)7-9-27(21)35(28,34-39-38-31(20)46-34)11-12-37-18-30(43)42-26(17-36)15-25-16-29(25)42/h7-10,13-14,20,25-26,29,37H,5-6,11-12,15-16,18-19H2,1-4H3/t20?,25-,26?,29+,35?/m1/s1. The van der Waals surface area contributed by atoms with Crippen molar-refractivity contribution < 1.29 is 18.8 Å². The van der Waals surface area contributed by atoms with Crippen LogP contribution in [0.15, 0.2) is 40.8 Å². The predicted octanol–water partition coefficient (Wildman–Crippen LogP) is 2.89. The van der Waals surface area contributed by atoms with Crippen LogP contribution in [0.5, 0.6) is 0 Å². The van der Waals surface area contributed by atoms with Gasteiger partial charge in [0.25, 0.3) is 11.8 Å². The van der Waals surface area contributed by atoms with Gasteiger partial charge in [-0.3, -0.25) is 14.4 Å². The third-order valence-corrected chi connectivity index (χ3v) is 10.3. The largest absolute Gasteiger partial charge is 0.424 e. The average molecular weight is 622 g/mol. The first-order valence-corrected chi connectivity index (χ1v) is 16.1. The third kappa shape index (κ3) is 4.87. The second kappa shape index (κ2) is 11.4. The second-order valence-corrected chi connectivity index (χ2v) is 13.6. The van der Waals surface area contributed by atoms with E-state index in [1.807, 2.05) is 43.3 Å². The van der Waals surface area contributed by atoms with Crippen LogP contribution < -0.4 is 5.32 Å². The number of nitrogens with zero attached hydrogens (tertiary/aromatic N) is 6. The number of nitriles is 1. The molecular formula is C35H39N7O4. The van der Waals surface area contributed by atoms with Crippen LogP contribution in [-0.4, -0.2) is 95.5 Å². The number of likely N-dealkylation sites (tertiary alicyclic amines) is 1. The molecule has 8 rings (SSSR count). The van der Waals surface area contributed by atoms with Gasteiger partial charge in [0.2, 0.25) is 17.7 Å². The second-order valence-electron chi connectivity index (χ2n) is 13.6. The molecule has 238 valence electrons. The van der Waals surface area contributed by atoms with Gasteiger partial charge < -0.3 is 24.4 Å². The van der Waals surface area contributed by atoms with Crippen molar-refractivity contribution in [2.45, 2.75) is 62.4 Å². The van der Waals surface area contributed by atoms with Crippen LogP contribution in [0.1, 0.15) is 86.9 Å². The number of piperidine rings is 1. The van der Waals surface area contributed by atoms with Crippen LogP contribution >= 0.6 is 0 Å². The third-order valence-electron chi connectivity index (χ3n) is 10.3. The van der Waals surface area contributed by atoms with Gasteiger partial charge in [-0.05, 0) is 91.1 Å². The maximum Gasteiger partial charge on any atom is 0.253 e. The van der Waals surface area contributed by atoms with Crippen LogP contribution in [0.25, 0.3) is 0 Å². The van der Waals surface area contributed by atoms with Gasteiger partial charge in [0.15, 0.2) is 0 Å². The molecule has 5 atom stereocenters. The Bertz CT molecular complexity index is 1780. The van der Waals surface area contributed by atoms with E-state index in [2.05, 4.69) is 21.6 Å². The SMILES string of the molecule is CC1CN(C)C(=O)c2ccc3c(c2)CCc2cc(C(=O)N(C)C)ccc2C3(CCNCC(=O)N2C(C#N)C[C@@H]3C[C@@H]32)c2nnc1o2. The Morgan fingerprint density at radius 1 is 1.11 bits per heavy atom. The first-order valence-electron chi connectivity index (χ1n) is 16.1. The van der Waals surface area contributed by atoms with E-state index < -0.39 is 5.41 Å². The number of hydrogen-bond donors (Lipinski definition) is 1. The Morgan fingerprint density at radius 3 is 2.59 bits per heavy atom. The lowest BCUT2D eigenvalue weighted by atomic mass is 9.69. The highest BCUT2D eigenvalue weighted by Crippen LogP contribution is 2.49. The molecule has 46 heavy (non-hydrogen) atoms. The molecule has 2 fully saturated rings. The van der Waals surface area contributed by atoms with Gasteiger partial charge in [-0.15, -0.1) is 10.2 Å². The molecule has 6 bridgehead atoms. The van der Waals surface area contributed by atoms with Crippen LogP contribution in [0.2, 0.25) is 0 Å². The molecule has 1 aromatic heterocycles. The van der Waals surface area contributed by atoms with Crippen molar-refractivity contribution in [1.82, 2.24) is 30.2 Å². The van der Waals surface area contributed by atoms with Gasteiger partial charge >= 0.3 is 0 Å². The van der Waals surface area contributed by atoms with Gasteiger partial charge in [-0.1, -0.05) is 19.1 Å². The zero-order chi connectivity index (χ0) is 32.3. The fourth-order valence-corrected chi connectivity index (χ4v) is 7.87.